The standard InChI is InChI=1S/C16H23N5O2S/c1-19-9-5-17-15(19)14(23)12-3-7-21(8-4-12)11-13(22)20(2)16-18-6-10-24-16/h5-6,9-10,12,14,23H,3-4,7-8,11H2,1-2H3. The number of aromatic nitrogens is 3. The van der Waals surface area contributed by atoms with E-state index in [0.29, 0.717) is 12.4 Å². The van der Waals surface area contributed by atoms with E-state index in [1.165, 1.54) is 11.3 Å². The number of imidazole rings is 1. The van der Waals surface area contributed by atoms with Gasteiger partial charge in [0.1, 0.15) is 11.9 Å². The lowest BCUT2D eigenvalue weighted by Crippen LogP contribution is -2.43. The van der Waals surface area contributed by atoms with E-state index in [1.807, 2.05) is 23.2 Å². The second kappa shape index (κ2) is 7.42. The van der Waals surface area contributed by atoms with Crippen molar-refractivity contribution in [2.75, 3.05) is 31.6 Å². The van der Waals surface area contributed by atoms with Crippen molar-refractivity contribution >= 4 is 22.4 Å². The highest BCUT2D eigenvalue weighted by atomic mass is 32.1. The summed E-state index contributed by atoms with van der Waals surface area (Å²) in [7, 11) is 3.66. The van der Waals surface area contributed by atoms with Crippen LogP contribution in [0.4, 0.5) is 5.13 Å². The Morgan fingerprint density at radius 1 is 1.42 bits per heavy atom. The zero-order valence-corrected chi connectivity index (χ0v) is 14.8. The van der Waals surface area contributed by atoms with Crippen molar-refractivity contribution in [3.05, 3.63) is 29.8 Å². The minimum absolute atomic E-state index is 0.0491. The lowest BCUT2D eigenvalue weighted by molar-refractivity contribution is -0.119. The molecule has 8 heteroatoms. The maximum absolute atomic E-state index is 12.3. The number of aliphatic hydroxyl groups is 1. The van der Waals surface area contributed by atoms with Crippen LogP contribution in [0.5, 0.6) is 0 Å². The number of rotatable bonds is 5. The van der Waals surface area contributed by atoms with Crippen molar-refractivity contribution in [2.45, 2.75) is 18.9 Å². The lowest BCUT2D eigenvalue weighted by atomic mass is 9.90. The summed E-state index contributed by atoms with van der Waals surface area (Å²) in [5, 5.41) is 13.1. The minimum Gasteiger partial charge on any atom is -0.385 e. The van der Waals surface area contributed by atoms with Gasteiger partial charge in [0.15, 0.2) is 5.13 Å². The first-order valence-electron chi connectivity index (χ1n) is 8.10. The topological polar surface area (TPSA) is 74.5 Å². The van der Waals surface area contributed by atoms with Gasteiger partial charge in [-0.2, -0.15) is 0 Å². The number of amides is 1. The molecule has 3 rings (SSSR count). The summed E-state index contributed by atoms with van der Waals surface area (Å²) in [6.07, 6.45) is 6.45. The van der Waals surface area contributed by atoms with Crippen molar-refractivity contribution in [3.63, 3.8) is 0 Å². The smallest absolute Gasteiger partial charge is 0.242 e. The van der Waals surface area contributed by atoms with Gasteiger partial charge in [0, 0.05) is 38.1 Å². The van der Waals surface area contributed by atoms with Crippen LogP contribution in [-0.4, -0.2) is 57.1 Å². The van der Waals surface area contributed by atoms with Gasteiger partial charge in [-0.15, -0.1) is 11.3 Å². The Kier molecular flexibility index (Phi) is 5.27. The summed E-state index contributed by atoms with van der Waals surface area (Å²) in [4.78, 5) is 24.5. The van der Waals surface area contributed by atoms with Gasteiger partial charge in [-0.05, 0) is 31.8 Å². The molecule has 0 aromatic carbocycles. The van der Waals surface area contributed by atoms with Crippen molar-refractivity contribution in [1.29, 1.82) is 0 Å². The van der Waals surface area contributed by atoms with E-state index < -0.39 is 6.10 Å². The maximum atomic E-state index is 12.3. The molecule has 0 saturated carbocycles. The van der Waals surface area contributed by atoms with Crippen LogP contribution in [0.25, 0.3) is 0 Å². The van der Waals surface area contributed by atoms with E-state index in [2.05, 4.69) is 14.9 Å². The summed E-state index contributed by atoms with van der Waals surface area (Å²) in [6, 6.07) is 0. The predicted molar refractivity (Wildman–Crippen MR) is 92.9 cm³/mol. The summed E-state index contributed by atoms with van der Waals surface area (Å²) in [5.41, 5.74) is 0. The highest BCUT2D eigenvalue weighted by Gasteiger charge is 2.29. The largest absolute Gasteiger partial charge is 0.385 e. The molecule has 0 aliphatic carbocycles. The lowest BCUT2D eigenvalue weighted by Gasteiger charge is -2.34. The number of likely N-dealkylation sites (N-methyl/N-ethyl adjacent to an activating group) is 1. The number of carbonyl (C=O) groups is 1. The van der Waals surface area contributed by atoms with E-state index in [9.17, 15) is 9.90 Å². The zero-order chi connectivity index (χ0) is 17.1. The van der Waals surface area contributed by atoms with E-state index in [4.69, 9.17) is 0 Å². The number of likely N-dealkylation sites (tertiary alicyclic amines) is 1. The third kappa shape index (κ3) is 3.66. The number of carbonyl (C=O) groups excluding carboxylic acids is 1. The fourth-order valence-corrected chi connectivity index (χ4v) is 3.71. The Bertz CT molecular complexity index is 664. The molecule has 1 unspecified atom stereocenters. The van der Waals surface area contributed by atoms with E-state index in [0.717, 1.165) is 31.1 Å². The Balaban J connectivity index is 1.50. The fraction of sp³-hybridized carbons (Fsp3) is 0.562. The van der Waals surface area contributed by atoms with Gasteiger partial charge in [-0.1, -0.05) is 0 Å². The Morgan fingerprint density at radius 3 is 2.75 bits per heavy atom. The van der Waals surface area contributed by atoms with Gasteiger partial charge in [-0.3, -0.25) is 14.6 Å². The molecule has 130 valence electrons. The second-order valence-electron chi connectivity index (χ2n) is 6.22. The average molecular weight is 349 g/mol. The molecular formula is C16H23N5O2S. The number of aryl methyl sites for hydroxylation is 1. The number of nitrogens with zero attached hydrogens (tertiary/aromatic N) is 5. The number of hydrogen-bond acceptors (Lipinski definition) is 6. The molecule has 1 atom stereocenters. The van der Waals surface area contributed by atoms with Crippen LogP contribution >= 0.6 is 11.3 Å². The number of thiazole rings is 1. The van der Waals surface area contributed by atoms with E-state index in [1.54, 1.807) is 24.3 Å². The average Bonchev–Trinajstić information content (AvgIpc) is 3.25. The Hall–Kier alpha value is -1.77. The van der Waals surface area contributed by atoms with Crippen molar-refractivity contribution < 1.29 is 9.90 Å². The quantitative estimate of drug-likeness (QED) is 0.880. The number of aliphatic hydroxyl groups excluding tert-OH is 1. The van der Waals surface area contributed by atoms with Crippen LogP contribution < -0.4 is 4.90 Å². The third-order valence-electron chi connectivity index (χ3n) is 4.64. The van der Waals surface area contributed by atoms with Crippen molar-refractivity contribution in [2.24, 2.45) is 13.0 Å². The van der Waals surface area contributed by atoms with E-state index >= 15 is 0 Å². The van der Waals surface area contributed by atoms with Gasteiger partial charge >= 0.3 is 0 Å². The highest BCUT2D eigenvalue weighted by Crippen LogP contribution is 2.29. The molecule has 7 nitrogen and oxygen atoms in total. The molecule has 0 bridgehead atoms. The second-order valence-corrected chi connectivity index (χ2v) is 7.10. The highest BCUT2D eigenvalue weighted by molar-refractivity contribution is 7.13. The number of piperidine rings is 1. The monoisotopic (exact) mass is 349 g/mol. The zero-order valence-electron chi connectivity index (χ0n) is 14.0. The first-order valence-corrected chi connectivity index (χ1v) is 8.98. The first kappa shape index (κ1) is 17.1. The number of hydrogen-bond donors (Lipinski definition) is 1. The van der Waals surface area contributed by atoms with Gasteiger partial charge in [0.25, 0.3) is 0 Å². The molecule has 1 N–H and O–H groups in total. The van der Waals surface area contributed by atoms with Crippen LogP contribution in [0.15, 0.2) is 24.0 Å². The molecule has 1 saturated heterocycles. The number of anilines is 1. The van der Waals surface area contributed by atoms with Gasteiger partial charge < -0.3 is 9.67 Å². The summed E-state index contributed by atoms with van der Waals surface area (Å²) in [6.45, 7) is 2.01. The van der Waals surface area contributed by atoms with Gasteiger partial charge in [0.2, 0.25) is 5.91 Å². The molecular weight excluding hydrogens is 326 g/mol. The summed E-state index contributed by atoms with van der Waals surface area (Å²) < 4.78 is 1.86. The fourth-order valence-electron chi connectivity index (χ4n) is 3.09. The third-order valence-corrected chi connectivity index (χ3v) is 5.49. The Labute approximate surface area is 145 Å². The molecule has 1 amide bonds. The van der Waals surface area contributed by atoms with Crippen LogP contribution in [0.3, 0.4) is 0 Å². The summed E-state index contributed by atoms with van der Waals surface area (Å²) in [5.74, 6) is 0.954. The van der Waals surface area contributed by atoms with Crippen LogP contribution in [0.2, 0.25) is 0 Å². The van der Waals surface area contributed by atoms with E-state index in [-0.39, 0.29) is 11.8 Å². The first-order chi connectivity index (χ1) is 11.6. The normalized spacial score (nSPS) is 17.8. The molecule has 1 aliphatic rings. The SMILES string of the molecule is CN(C(=O)CN1CCC(C(O)c2nccn2C)CC1)c1nccs1. The van der Waals surface area contributed by atoms with Crippen LogP contribution in [0.1, 0.15) is 24.8 Å². The van der Waals surface area contributed by atoms with Gasteiger partial charge in [0.05, 0.1) is 6.54 Å². The molecule has 2 aromatic rings. The molecule has 1 aliphatic heterocycles. The molecule has 1 fully saturated rings. The molecule has 2 aromatic heterocycles. The van der Waals surface area contributed by atoms with Gasteiger partial charge in [-0.25, -0.2) is 9.97 Å². The summed E-state index contributed by atoms with van der Waals surface area (Å²) >= 11 is 1.46. The molecule has 0 spiro atoms. The molecule has 24 heavy (non-hydrogen) atoms. The minimum atomic E-state index is -0.541. The van der Waals surface area contributed by atoms with Crippen molar-refractivity contribution in [1.82, 2.24) is 19.4 Å². The van der Waals surface area contributed by atoms with Crippen LogP contribution in [-0.2, 0) is 11.8 Å². The maximum Gasteiger partial charge on any atom is 0.242 e. The Morgan fingerprint density at radius 2 is 2.17 bits per heavy atom. The van der Waals surface area contributed by atoms with Crippen molar-refractivity contribution in [3.8, 4) is 0 Å². The van der Waals surface area contributed by atoms with Crippen LogP contribution in [0, 0.1) is 5.92 Å². The molecule has 0 radical (unpaired) electrons. The molecule has 3 heterocycles. The predicted octanol–water partition coefficient (Wildman–Crippen LogP) is 1.28.